The molecule has 2 aromatic rings. The first kappa shape index (κ1) is 14.6. The summed E-state index contributed by atoms with van der Waals surface area (Å²) in [5, 5.41) is 2.25. The minimum Gasteiger partial charge on any atom is -0.389 e. The van der Waals surface area contributed by atoms with Crippen LogP contribution in [0.1, 0.15) is 19.4 Å². The summed E-state index contributed by atoms with van der Waals surface area (Å²) >= 11 is 7.27. The lowest BCUT2D eigenvalue weighted by Gasteiger charge is -2.36. The first-order valence-corrected chi connectivity index (χ1v) is 8.49. The van der Waals surface area contributed by atoms with Crippen molar-refractivity contribution in [1.82, 2.24) is 4.98 Å². The zero-order valence-corrected chi connectivity index (χ0v) is 13.9. The number of rotatable bonds is 2. The van der Waals surface area contributed by atoms with Crippen LogP contribution in [0.5, 0.6) is 0 Å². The summed E-state index contributed by atoms with van der Waals surface area (Å²) in [6, 6.07) is 10.2. The number of benzene rings is 1. The average molecular weight is 317 g/mol. The van der Waals surface area contributed by atoms with Crippen molar-refractivity contribution in [2.45, 2.75) is 24.3 Å². The van der Waals surface area contributed by atoms with E-state index in [0.717, 1.165) is 35.4 Å². The van der Waals surface area contributed by atoms with Gasteiger partial charge in [-0.15, -0.1) is 0 Å². The molecular formula is C16H19N3S2. The number of aromatic nitrogens is 1. The van der Waals surface area contributed by atoms with E-state index in [-0.39, 0.29) is 0 Å². The maximum atomic E-state index is 5.94. The average Bonchev–Trinajstić information content (AvgIpc) is 2.44. The summed E-state index contributed by atoms with van der Waals surface area (Å²) in [7, 11) is 0. The van der Waals surface area contributed by atoms with Crippen LogP contribution in [0.4, 0.5) is 5.82 Å². The lowest BCUT2D eigenvalue weighted by molar-refractivity contribution is 0.719. The van der Waals surface area contributed by atoms with Gasteiger partial charge in [0, 0.05) is 29.0 Å². The molecule has 2 N–H and O–H groups in total. The van der Waals surface area contributed by atoms with Gasteiger partial charge in [0.2, 0.25) is 0 Å². The molecule has 1 fully saturated rings. The van der Waals surface area contributed by atoms with Crippen molar-refractivity contribution in [1.29, 1.82) is 0 Å². The third-order valence-corrected chi connectivity index (χ3v) is 5.14. The Morgan fingerprint density at radius 3 is 2.62 bits per heavy atom. The summed E-state index contributed by atoms with van der Waals surface area (Å²) in [5.74, 6) is 0.931. The van der Waals surface area contributed by atoms with Gasteiger partial charge >= 0.3 is 0 Å². The number of thiocarbonyl (C=S) groups is 1. The van der Waals surface area contributed by atoms with Crippen LogP contribution < -0.4 is 10.6 Å². The number of hydrogen-bond donors (Lipinski definition) is 1. The smallest absolute Gasteiger partial charge is 0.139 e. The van der Waals surface area contributed by atoms with Crippen LogP contribution in [-0.4, -0.2) is 33.6 Å². The van der Waals surface area contributed by atoms with E-state index in [2.05, 4.69) is 24.8 Å². The molecule has 2 heterocycles. The highest BCUT2D eigenvalue weighted by Gasteiger charge is 2.25. The molecule has 0 aliphatic carbocycles. The maximum Gasteiger partial charge on any atom is 0.139 e. The fourth-order valence-electron chi connectivity index (χ4n) is 2.88. The normalized spacial score (nSPS) is 22.5. The molecule has 2 atom stereocenters. The Labute approximate surface area is 134 Å². The zero-order chi connectivity index (χ0) is 15.0. The predicted octanol–water partition coefficient (Wildman–Crippen LogP) is 3.20. The third kappa shape index (κ3) is 2.99. The Bertz CT molecular complexity index is 676. The quantitative estimate of drug-likeness (QED) is 0.862. The van der Waals surface area contributed by atoms with E-state index in [1.54, 1.807) is 0 Å². The SMILES string of the molecule is CC1CN(c2nc3ccccc3cc2C(N)=S)CC(C)S1. The number of thioether (sulfide) groups is 1. The Morgan fingerprint density at radius 1 is 1.29 bits per heavy atom. The van der Waals surface area contributed by atoms with Gasteiger partial charge in [0.1, 0.15) is 10.8 Å². The van der Waals surface area contributed by atoms with Gasteiger partial charge in [0.15, 0.2) is 0 Å². The molecule has 3 rings (SSSR count). The molecule has 1 aromatic heterocycles. The van der Waals surface area contributed by atoms with E-state index in [0.29, 0.717) is 15.5 Å². The van der Waals surface area contributed by atoms with E-state index in [1.807, 2.05) is 36.0 Å². The minimum atomic E-state index is 0.418. The van der Waals surface area contributed by atoms with E-state index in [1.165, 1.54) is 0 Å². The third-order valence-electron chi connectivity index (χ3n) is 3.69. The lowest BCUT2D eigenvalue weighted by atomic mass is 10.1. The molecule has 2 unspecified atom stereocenters. The van der Waals surface area contributed by atoms with Gasteiger partial charge in [-0.05, 0) is 12.1 Å². The predicted molar refractivity (Wildman–Crippen MR) is 96.4 cm³/mol. The molecule has 0 saturated carbocycles. The summed E-state index contributed by atoms with van der Waals surface area (Å²) < 4.78 is 0. The van der Waals surface area contributed by atoms with Crippen LogP contribution in [0.25, 0.3) is 10.9 Å². The van der Waals surface area contributed by atoms with Gasteiger partial charge in [0.25, 0.3) is 0 Å². The molecule has 1 aromatic carbocycles. The number of nitrogens with two attached hydrogens (primary N) is 1. The van der Waals surface area contributed by atoms with Crippen molar-refractivity contribution >= 4 is 45.7 Å². The van der Waals surface area contributed by atoms with Crippen molar-refractivity contribution in [3.8, 4) is 0 Å². The second kappa shape index (κ2) is 5.81. The molecular weight excluding hydrogens is 298 g/mol. The van der Waals surface area contributed by atoms with Crippen LogP contribution >= 0.6 is 24.0 Å². The number of hydrogen-bond acceptors (Lipinski definition) is 4. The molecule has 110 valence electrons. The maximum absolute atomic E-state index is 5.94. The van der Waals surface area contributed by atoms with Crippen molar-refractivity contribution in [3.05, 3.63) is 35.9 Å². The van der Waals surface area contributed by atoms with Crippen LogP contribution in [0.15, 0.2) is 30.3 Å². The van der Waals surface area contributed by atoms with E-state index in [4.69, 9.17) is 22.9 Å². The first-order chi connectivity index (χ1) is 10.0. The van der Waals surface area contributed by atoms with E-state index >= 15 is 0 Å². The van der Waals surface area contributed by atoms with Gasteiger partial charge in [-0.3, -0.25) is 0 Å². The number of nitrogens with zero attached hydrogens (tertiary/aromatic N) is 2. The monoisotopic (exact) mass is 317 g/mol. The highest BCUT2D eigenvalue weighted by molar-refractivity contribution is 8.00. The van der Waals surface area contributed by atoms with Crippen molar-refractivity contribution < 1.29 is 0 Å². The molecule has 0 bridgehead atoms. The van der Waals surface area contributed by atoms with E-state index < -0.39 is 0 Å². The van der Waals surface area contributed by atoms with E-state index in [9.17, 15) is 0 Å². The standard InChI is InChI=1S/C16H19N3S2/c1-10-8-19(9-11(2)21-10)16-13(15(17)20)7-12-5-3-4-6-14(12)18-16/h3-7,10-11H,8-9H2,1-2H3,(H2,17,20). The van der Waals surface area contributed by atoms with Crippen molar-refractivity contribution in [2.24, 2.45) is 5.73 Å². The van der Waals surface area contributed by atoms with Crippen molar-refractivity contribution in [3.63, 3.8) is 0 Å². The first-order valence-electron chi connectivity index (χ1n) is 7.14. The topological polar surface area (TPSA) is 42.2 Å². The summed E-state index contributed by atoms with van der Waals surface area (Å²) in [6.07, 6.45) is 0. The van der Waals surface area contributed by atoms with Crippen LogP contribution in [0, 0.1) is 0 Å². The van der Waals surface area contributed by atoms with Crippen LogP contribution in [-0.2, 0) is 0 Å². The van der Waals surface area contributed by atoms with Gasteiger partial charge in [-0.2, -0.15) is 11.8 Å². The molecule has 0 spiro atoms. The number of anilines is 1. The van der Waals surface area contributed by atoms with Gasteiger partial charge in [0.05, 0.1) is 11.1 Å². The fourth-order valence-corrected chi connectivity index (χ4v) is 4.35. The molecule has 1 aliphatic rings. The Morgan fingerprint density at radius 2 is 1.95 bits per heavy atom. The van der Waals surface area contributed by atoms with Gasteiger partial charge < -0.3 is 10.6 Å². The molecule has 5 heteroatoms. The summed E-state index contributed by atoms with van der Waals surface area (Å²) in [4.78, 5) is 7.58. The number of para-hydroxylation sites is 1. The highest BCUT2D eigenvalue weighted by atomic mass is 32.2. The molecule has 0 amide bonds. The van der Waals surface area contributed by atoms with Crippen LogP contribution in [0.2, 0.25) is 0 Å². The van der Waals surface area contributed by atoms with Crippen molar-refractivity contribution in [2.75, 3.05) is 18.0 Å². The Kier molecular flexibility index (Phi) is 4.04. The fraction of sp³-hybridized carbons (Fsp3) is 0.375. The molecule has 0 radical (unpaired) electrons. The molecule has 1 aliphatic heterocycles. The minimum absolute atomic E-state index is 0.418. The largest absolute Gasteiger partial charge is 0.389 e. The Balaban J connectivity index is 2.11. The van der Waals surface area contributed by atoms with Crippen LogP contribution in [0.3, 0.4) is 0 Å². The van der Waals surface area contributed by atoms with Gasteiger partial charge in [-0.25, -0.2) is 4.98 Å². The summed E-state index contributed by atoms with van der Waals surface area (Å²) in [5.41, 5.74) is 7.82. The van der Waals surface area contributed by atoms with Gasteiger partial charge in [-0.1, -0.05) is 44.3 Å². The molecule has 1 saturated heterocycles. The summed E-state index contributed by atoms with van der Waals surface area (Å²) in [6.45, 7) is 6.48. The Hall–Kier alpha value is -1.33. The second-order valence-corrected chi connectivity index (χ2v) is 7.90. The second-order valence-electron chi connectivity index (χ2n) is 5.58. The number of pyridine rings is 1. The molecule has 21 heavy (non-hydrogen) atoms. The zero-order valence-electron chi connectivity index (χ0n) is 12.2. The highest BCUT2D eigenvalue weighted by Crippen LogP contribution is 2.31. The number of fused-ring (bicyclic) bond motifs is 1. The lowest BCUT2D eigenvalue weighted by Crippen LogP contribution is -2.41. The molecule has 3 nitrogen and oxygen atoms in total.